The summed E-state index contributed by atoms with van der Waals surface area (Å²) in [5, 5.41) is 8.98. The van der Waals surface area contributed by atoms with Gasteiger partial charge in [0, 0.05) is 37.1 Å². The van der Waals surface area contributed by atoms with Gasteiger partial charge < -0.3 is 9.64 Å². The van der Waals surface area contributed by atoms with E-state index >= 15 is 0 Å². The molecule has 0 spiro atoms. The zero-order valence-corrected chi connectivity index (χ0v) is 17.8. The molecule has 4 heterocycles. The number of nitrogens with zero attached hydrogens (tertiary/aromatic N) is 6. The molecule has 4 aromatic rings. The Morgan fingerprint density at radius 2 is 2.10 bits per heavy atom. The first-order chi connectivity index (χ1) is 15.1. The van der Waals surface area contributed by atoms with Gasteiger partial charge in [0.25, 0.3) is 5.91 Å². The van der Waals surface area contributed by atoms with E-state index < -0.39 is 0 Å². The molecule has 31 heavy (non-hydrogen) atoms. The SMILES string of the molecule is COc1cccc([C@@H]2CCCN2C(=O)c2cc3nccc(-c4cnn(C)c4C)n3n2)c1. The van der Waals surface area contributed by atoms with E-state index in [1.807, 2.05) is 60.1 Å². The molecule has 0 N–H and O–H groups in total. The van der Waals surface area contributed by atoms with E-state index in [0.29, 0.717) is 17.9 Å². The highest BCUT2D eigenvalue weighted by Gasteiger charge is 2.32. The molecule has 0 bridgehead atoms. The molecule has 8 heteroatoms. The average molecular weight is 416 g/mol. The number of aromatic nitrogens is 5. The van der Waals surface area contributed by atoms with Crippen molar-refractivity contribution in [1.82, 2.24) is 29.3 Å². The summed E-state index contributed by atoms with van der Waals surface area (Å²) in [5.74, 6) is 0.717. The van der Waals surface area contributed by atoms with Gasteiger partial charge in [-0.3, -0.25) is 9.48 Å². The molecule has 1 aliphatic rings. The Labute approximate surface area is 180 Å². The summed E-state index contributed by atoms with van der Waals surface area (Å²) in [6.07, 6.45) is 5.43. The Morgan fingerprint density at radius 3 is 2.87 bits per heavy atom. The number of amides is 1. The van der Waals surface area contributed by atoms with Crippen LogP contribution in [0, 0.1) is 6.92 Å². The van der Waals surface area contributed by atoms with Crippen molar-refractivity contribution < 1.29 is 9.53 Å². The summed E-state index contributed by atoms with van der Waals surface area (Å²) < 4.78 is 8.92. The molecule has 8 nitrogen and oxygen atoms in total. The second kappa shape index (κ2) is 7.54. The predicted molar refractivity (Wildman–Crippen MR) is 116 cm³/mol. The van der Waals surface area contributed by atoms with Crippen LogP contribution in [0.5, 0.6) is 5.75 Å². The van der Waals surface area contributed by atoms with Crippen LogP contribution >= 0.6 is 0 Å². The molecule has 0 aliphatic carbocycles. The normalized spacial score (nSPS) is 16.2. The lowest BCUT2D eigenvalue weighted by atomic mass is 10.0. The Morgan fingerprint density at radius 1 is 1.23 bits per heavy atom. The lowest BCUT2D eigenvalue weighted by Crippen LogP contribution is -2.30. The van der Waals surface area contributed by atoms with Gasteiger partial charge >= 0.3 is 0 Å². The zero-order valence-electron chi connectivity index (χ0n) is 17.8. The topological polar surface area (TPSA) is 77.5 Å². The highest BCUT2D eigenvalue weighted by molar-refractivity contribution is 5.94. The van der Waals surface area contributed by atoms with Crippen LogP contribution in [0.25, 0.3) is 16.9 Å². The van der Waals surface area contributed by atoms with Gasteiger partial charge in [0.05, 0.1) is 25.0 Å². The molecule has 1 aliphatic heterocycles. The largest absolute Gasteiger partial charge is 0.497 e. The summed E-state index contributed by atoms with van der Waals surface area (Å²) >= 11 is 0. The van der Waals surface area contributed by atoms with Crippen LogP contribution < -0.4 is 4.74 Å². The van der Waals surface area contributed by atoms with E-state index in [0.717, 1.165) is 41.1 Å². The number of fused-ring (bicyclic) bond motifs is 1. The van der Waals surface area contributed by atoms with Crippen LogP contribution in [0.3, 0.4) is 0 Å². The minimum absolute atomic E-state index is 0.0143. The lowest BCUT2D eigenvalue weighted by Gasteiger charge is -2.24. The van der Waals surface area contributed by atoms with Crippen LogP contribution in [-0.4, -0.2) is 48.8 Å². The fraction of sp³-hybridized carbons (Fsp3) is 0.304. The number of likely N-dealkylation sites (tertiary alicyclic amines) is 1. The molecule has 1 atom stereocenters. The van der Waals surface area contributed by atoms with Gasteiger partial charge in [-0.05, 0) is 43.5 Å². The molecule has 0 saturated carbocycles. The van der Waals surface area contributed by atoms with Crippen LogP contribution in [0.1, 0.15) is 40.6 Å². The number of carbonyl (C=O) groups excluding carboxylic acids is 1. The minimum Gasteiger partial charge on any atom is -0.497 e. The second-order valence-electron chi connectivity index (χ2n) is 7.83. The van der Waals surface area contributed by atoms with Crippen molar-refractivity contribution in [3.8, 4) is 17.0 Å². The van der Waals surface area contributed by atoms with Crippen molar-refractivity contribution in [2.75, 3.05) is 13.7 Å². The molecule has 3 aromatic heterocycles. The minimum atomic E-state index is -0.0790. The highest BCUT2D eigenvalue weighted by Crippen LogP contribution is 2.34. The number of ether oxygens (including phenoxy) is 1. The van der Waals surface area contributed by atoms with Crippen LogP contribution in [0.4, 0.5) is 0 Å². The molecular formula is C23H24N6O2. The Hall–Kier alpha value is -3.68. The van der Waals surface area contributed by atoms with Gasteiger partial charge in [-0.2, -0.15) is 10.2 Å². The maximum Gasteiger partial charge on any atom is 0.274 e. The van der Waals surface area contributed by atoms with Crippen molar-refractivity contribution in [3.63, 3.8) is 0 Å². The van der Waals surface area contributed by atoms with Gasteiger partial charge in [0.1, 0.15) is 5.75 Å². The van der Waals surface area contributed by atoms with Gasteiger partial charge in [-0.15, -0.1) is 0 Å². The van der Waals surface area contributed by atoms with E-state index in [4.69, 9.17) is 4.74 Å². The highest BCUT2D eigenvalue weighted by atomic mass is 16.5. The Bertz CT molecular complexity index is 1270. The number of rotatable bonds is 4. The fourth-order valence-electron chi connectivity index (χ4n) is 4.31. The van der Waals surface area contributed by atoms with Crippen LogP contribution in [0.15, 0.2) is 48.8 Å². The van der Waals surface area contributed by atoms with Gasteiger partial charge in [-0.1, -0.05) is 12.1 Å². The van der Waals surface area contributed by atoms with E-state index in [1.54, 1.807) is 23.9 Å². The van der Waals surface area contributed by atoms with E-state index in [-0.39, 0.29) is 11.9 Å². The van der Waals surface area contributed by atoms with Crippen molar-refractivity contribution >= 4 is 11.6 Å². The summed E-state index contributed by atoms with van der Waals surface area (Å²) in [6.45, 7) is 2.71. The third kappa shape index (κ3) is 3.24. The quantitative estimate of drug-likeness (QED) is 0.509. The molecule has 1 saturated heterocycles. The molecule has 1 amide bonds. The fourth-order valence-corrected chi connectivity index (χ4v) is 4.31. The van der Waals surface area contributed by atoms with Gasteiger partial charge in [-0.25, -0.2) is 9.50 Å². The number of aryl methyl sites for hydroxylation is 1. The van der Waals surface area contributed by atoms with E-state index in [9.17, 15) is 4.79 Å². The molecule has 5 rings (SSSR count). The van der Waals surface area contributed by atoms with Crippen LogP contribution in [0.2, 0.25) is 0 Å². The Balaban J connectivity index is 1.51. The number of benzene rings is 1. The summed E-state index contributed by atoms with van der Waals surface area (Å²) in [4.78, 5) is 19.8. The molecule has 158 valence electrons. The van der Waals surface area contributed by atoms with Crippen LogP contribution in [-0.2, 0) is 7.05 Å². The number of hydrogen-bond donors (Lipinski definition) is 0. The van der Waals surface area contributed by atoms with Crippen molar-refractivity contribution in [2.45, 2.75) is 25.8 Å². The first kappa shape index (κ1) is 19.3. The molecule has 0 unspecified atom stereocenters. The third-order valence-corrected chi connectivity index (χ3v) is 6.08. The number of hydrogen-bond acceptors (Lipinski definition) is 5. The number of methoxy groups -OCH3 is 1. The zero-order chi connectivity index (χ0) is 21.5. The van der Waals surface area contributed by atoms with Crippen molar-refractivity contribution in [3.05, 3.63) is 65.7 Å². The summed E-state index contributed by atoms with van der Waals surface area (Å²) in [5.41, 5.74) is 4.97. The van der Waals surface area contributed by atoms with E-state index in [1.165, 1.54) is 0 Å². The Kier molecular flexibility index (Phi) is 4.69. The smallest absolute Gasteiger partial charge is 0.274 e. The maximum atomic E-state index is 13.4. The monoisotopic (exact) mass is 416 g/mol. The first-order valence-corrected chi connectivity index (χ1v) is 10.4. The summed E-state index contributed by atoms with van der Waals surface area (Å²) in [6, 6.07) is 11.6. The van der Waals surface area contributed by atoms with Gasteiger partial charge in [0.2, 0.25) is 0 Å². The van der Waals surface area contributed by atoms with Gasteiger partial charge in [0.15, 0.2) is 11.3 Å². The molecular weight excluding hydrogens is 392 g/mol. The third-order valence-electron chi connectivity index (χ3n) is 6.08. The van der Waals surface area contributed by atoms with E-state index in [2.05, 4.69) is 15.2 Å². The number of carbonyl (C=O) groups is 1. The average Bonchev–Trinajstić information content (AvgIpc) is 3.52. The standard InChI is InChI=1S/C23H24N6O2/c1-15-18(14-25-27(15)2)21-9-10-24-22-13-19(26-29(21)22)23(30)28-11-5-8-20(28)16-6-4-7-17(12-16)31-3/h4,6-7,9-10,12-14,20H,5,8,11H2,1-3H3/t20-/m0/s1. The predicted octanol–water partition coefficient (Wildman–Crippen LogP) is 3.42. The summed E-state index contributed by atoms with van der Waals surface area (Å²) in [7, 11) is 3.56. The molecule has 0 radical (unpaired) electrons. The maximum absolute atomic E-state index is 13.4. The lowest BCUT2D eigenvalue weighted by molar-refractivity contribution is 0.0729. The van der Waals surface area contributed by atoms with Crippen molar-refractivity contribution in [1.29, 1.82) is 0 Å². The first-order valence-electron chi connectivity index (χ1n) is 10.4. The van der Waals surface area contributed by atoms with Crippen molar-refractivity contribution in [2.24, 2.45) is 7.05 Å². The molecule has 1 aromatic carbocycles. The second-order valence-corrected chi connectivity index (χ2v) is 7.83. The molecule has 1 fully saturated rings.